The minimum atomic E-state index is -0.00926. The van der Waals surface area contributed by atoms with Gasteiger partial charge in [-0.2, -0.15) is 0 Å². The molecule has 0 bridgehead atoms. The maximum absolute atomic E-state index is 12.1. The van der Waals surface area contributed by atoms with Gasteiger partial charge in [0.15, 0.2) is 0 Å². The van der Waals surface area contributed by atoms with Crippen molar-refractivity contribution >= 4 is 11.6 Å². The summed E-state index contributed by atoms with van der Waals surface area (Å²) in [5, 5.41) is 2.99. The first-order valence-electron chi connectivity index (χ1n) is 8.14. The molecule has 0 atom stereocenters. The normalized spacial score (nSPS) is 11.7. The van der Waals surface area contributed by atoms with Crippen LogP contribution in [0.15, 0.2) is 36.7 Å². The van der Waals surface area contributed by atoms with Crippen LogP contribution < -0.4 is 5.32 Å². The number of carbonyl (C=O) groups excluding carboxylic acids is 1. The van der Waals surface area contributed by atoms with E-state index in [1.165, 1.54) is 0 Å². The standard InChI is InChI=1S/C19H27N3O/c1-14(2)18-20-9-10-22(18)13-15-7-6-8-16(11-15)21-17(23)12-19(3,4)5/h6-11,14H,12-13H2,1-5H3,(H,21,23). The van der Waals surface area contributed by atoms with Crippen LogP contribution in [0, 0.1) is 5.41 Å². The highest BCUT2D eigenvalue weighted by molar-refractivity contribution is 5.91. The Morgan fingerprint density at radius 3 is 2.70 bits per heavy atom. The average molecular weight is 313 g/mol. The summed E-state index contributed by atoms with van der Waals surface area (Å²) in [6.07, 6.45) is 4.35. The second-order valence-corrected chi connectivity index (χ2v) is 7.55. The van der Waals surface area contributed by atoms with Crippen molar-refractivity contribution in [2.45, 2.75) is 53.5 Å². The molecule has 0 aliphatic heterocycles. The van der Waals surface area contributed by atoms with Crippen LogP contribution in [0.2, 0.25) is 0 Å². The molecule has 2 aromatic rings. The summed E-state index contributed by atoms with van der Waals surface area (Å²) >= 11 is 0. The van der Waals surface area contributed by atoms with Crippen LogP contribution in [0.5, 0.6) is 0 Å². The van der Waals surface area contributed by atoms with E-state index in [0.29, 0.717) is 12.3 Å². The number of imidazole rings is 1. The third kappa shape index (κ3) is 5.23. The third-order valence-electron chi connectivity index (χ3n) is 3.52. The van der Waals surface area contributed by atoms with Crippen molar-refractivity contribution in [1.29, 1.82) is 0 Å². The zero-order chi connectivity index (χ0) is 17.0. The Hall–Kier alpha value is -2.10. The minimum absolute atomic E-state index is 0.00926. The molecule has 0 unspecified atom stereocenters. The monoisotopic (exact) mass is 313 g/mol. The van der Waals surface area contributed by atoms with Gasteiger partial charge < -0.3 is 9.88 Å². The number of anilines is 1. The number of hydrogen-bond acceptors (Lipinski definition) is 2. The van der Waals surface area contributed by atoms with Crippen molar-refractivity contribution in [2.75, 3.05) is 5.32 Å². The van der Waals surface area contributed by atoms with Gasteiger partial charge in [0.25, 0.3) is 0 Å². The fourth-order valence-electron chi connectivity index (χ4n) is 2.59. The first kappa shape index (κ1) is 17.3. The van der Waals surface area contributed by atoms with Gasteiger partial charge in [-0.1, -0.05) is 46.8 Å². The van der Waals surface area contributed by atoms with Gasteiger partial charge in [-0.05, 0) is 23.1 Å². The van der Waals surface area contributed by atoms with Crippen molar-refractivity contribution in [3.63, 3.8) is 0 Å². The van der Waals surface area contributed by atoms with Gasteiger partial charge in [0.2, 0.25) is 5.91 Å². The van der Waals surface area contributed by atoms with E-state index in [4.69, 9.17) is 0 Å². The number of rotatable bonds is 5. The average Bonchev–Trinajstić information content (AvgIpc) is 2.85. The van der Waals surface area contributed by atoms with E-state index < -0.39 is 0 Å². The summed E-state index contributed by atoms with van der Waals surface area (Å²) in [7, 11) is 0. The molecular formula is C19H27N3O. The second-order valence-electron chi connectivity index (χ2n) is 7.55. The van der Waals surface area contributed by atoms with Gasteiger partial charge in [0.05, 0.1) is 0 Å². The fourth-order valence-corrected chi connectivity index (χ4v) is 2.59. The van der Waals surface area contributed by atoms with E-state index in [0.717, 1.165) is 23.6 Å². The molecule has 1 aromatic heterocycles. The second kappa shape index (κ2) is 6.99. The van der Waals surface area contributed by atoms with Crippen molar-refractivity contribution in [3.8, 4) is 0 Å². The van der Waals surface area contributed by atoms with Gasteiger partial charge in [-0.25, -0.2) is 4.98 Å². The largest absolute Gasteiger partial charge is 0.330 e. The number of nitrogens with zero attached hydrogens (tertiary/aromatic N) is 2. The van der Waals surface area contributed by atoms with Crippen LogP contribution in [0.1, 0.15) is 58.3 Å². The van der Waals surface area contributed by atoms with Crippen LogP contribution >= 0.6 is 0 Å². The van der Waals surface area contributed by atoms with Gasteiger partial charge in [0.1, 0.15) is 5.82 Å². The van der Waals surface area contributed by atoms with Gasteiger partial charge in [-0.15, -0.1) is 0 Å². The molecule has 0 saturated heterocycles. The van der Waals surface area contributed by atoms with Crippen molar-refractivity contribution in [3.05, 3.63) is 48.0 Å². The zero-order valence-corrected chi connectivity index (χ0v) is 14.8. The Morgan fingerprint density at radius 2 is 2.04 bits per heavy atom. The lowest BCUT2D eigenvalue weighted by molar-refractivity contribution is -0.117. The SMILES string of the molecule is CC(C)c1nccn1Cc1cccc(NC(=O)CC(C)(C)C)c1. The Labute approximate surface area is 138 Å². The van der Waals surface area contributed by atoms with Crippen LogP contribution in [-0.4, -0.2) is 15.5 Å². The summed E-state index contributed by atoms with van der Waals surface area (Å²) in [6, 6.07) is 8.02. The highest BCUT2D eigenvalue weighted by Crippen LogP contribution is 2.20. The molecule has 4 nitrogen and oxygen atoms in total. The van der Waals surface area contributed by atoms with Crippen molar-refractivity contribution in [1.82, 2.24) is 9.55 Å². The highest BCUT2D eigenvalue weighted by Gasteiger charge is 2.16. The molecule has 23 heavy (non-hydrogen) atoms. The van der Waals surface area contributed by atoms with Crippen molar-refractivity contribution in [2.24, 2.45) is 5.41 Å². The minimum Gasteiger partial charge on any atom is -0.330 e. The van der Waals surface area contributed by atoms with Gasteiger partial charge in [-0.3, -0.25) is 4.79 Å². The zero-order valence-electron chi connectivity index (χ0n) is 14.8. The molecule has 1 aromatic carbocycles. The number of aromatic nitrogens is 2. The molecule has 0 spiro atoms. The van der Waals surface area contributed by atoms with Crippen molar-refractivity contribution < 1.29 is 4.79 Å². The van der Waals surface area contributed by atoms with E-state index in [-0.39, 0.29) is 11.3 Å². The van der Waals surface area contributed by atoms with E-state index in [2.05, 4.69) is 55.6 Å². The lowest BCUT2D eigenvalue weighted by Crippen LogP contribution is -2.19. The Bertz CT molecular complexity index is 665. The molecule has 0 saturated carbocycles. The summed E-state index contributed by atoms with van der Waals surface area (Å²) in [6.45, 7) is 11.2. The Balaban J connectivity index is 2.08. The summed E-state index contributed by atoms with van der Waals surface area (Å²) in [4.78, 5) is 16.5. The molecule has 2 rings (SSSR count). The Morgan fingerprint density at radius 1 is 1.30 bits per heavy atom. The van der Waals surface area contributed by atoms with Gasteiger partial charge in [0, 0.05) is 37.0 Å². The lowest BCUT2D eigenvalue weighted by atomic mass is 9.92. The molecular weight excluding hydrogens is 286 g/mol. The van der Waals surface area contributed by atoms with Crippen LogP contribution in [0.3, 0.4) is 0 Å². The maximum atomic E-state index is 12.1. The summed E-state index contributed by atoms with van der Waals surface area (Å²) in [5.41, 5.74) is 1.99. The van der Waals surface area contributed by atoms with E-state index in [1.807, 2.05) is 30.6 Å². The molecule has 1 amide bonds. The molecule has 0 aliphatic carbocycles. The van der Waals surface area contributed by atoms with Crippen LogP contribution in [0.25, 0.3) is 0 Å². The van der Waals surface area contributed by atoms with E-state index in [1.54, 1.807) is 0 Å². The number of carbonyl (C=O) groups is 1. The van der Waals surface area contributed by atoms with Crippen LogP contribution in [-0.2, 0) is 11.3 Å². The molecule has 0 fully saturated rings. The number of hydrogen-bond donors (Lipinski definition) is 1. The molecule has 1 heterocycles. The molecule has 1 N–H and O–H groups in total. The summed E-state index contributed by atoms with van der Waals surface area (Å²) in [5.74, 6) is 1.52. The lowest BCUT2D eigenvalue weighted by Gasteiger charge is -2.17. The predicted octanol–water partition coefficient (Wildman–Crippen LogP) is 4.43. The number of nitrogens with one attached hydrogen (secondary N) is 1. The quantitative estimate of drug-likeness (QED) is 0.887. The highest BCUT2D eigenvalue weighted by atomic mass is 16.1. The predicted molar refractivity (Wildman–Crippen MR) is 94.6 cm³/mol. The third-order valence-corrected chi connectivity index (χ3v) is 3.52. The molecule has 124 valence electrons. The molecule has 0 aliphatic rings. The first-order chi connectivity index (χ1) is 10.7. The summed E-state index contributed by atoms with van der Waals surface area (Å²) < 4.78 is 2.15. The topological polar surface area (TPSA) is 46.9 Å². The smallest absolute Gasteiger partial charge is 0.224 e. The van der Waals surface area contributed by atoms with Crippen LogP contribution in [0.4, 0.5) is 5.69 Å². The number of benzene rings is 1. The molecule has 4 heteroatoms. The Kier molecular flexibility index (Phi) is 5.24. The maximum Gasteiger partial charge on any atom is 0.224 e. The van der Waals surface area contributed by atoms with E-state index >= 15 is 0 Å². The number of amides is 1. The first-order valence-corrected chi connectivity index (χ1v) is 8.14. The van der Waals surface area contributed by atoms with E-state index in [9.17, 15) is 4.79 Å². The molecule has 0 radical (unpaired) electrons. The van der Waals surface area contributed by atoms with Gasteiger partial charge >= 0.3 is 0 Å². The fraction of sp³-hybridized carbons (Fsp3) is 0.474.